The Morgan fingerprint density at radius 1 is 1.47 bits per heavy atom. The van der Waals surface area contributed by atoms with Gasteiger partial charge < -0.3 is 4.74 Å². The van der Waals surface area contributed by atoms with Crippen molar-refractivity contribution in [1.29, 1.82) is 0 Å². The molecule has 0 aromatic carbocycles. The van der Waals surface area contributed by atoms with Crippen LogP contribution in [-0.2, 0) is 4.74 Å². The smallest absolute Gasteiger partial charge is 0.0783 e. The maximum atomic E-state index is 5.77. The minimum absolute atomic E-state index is 0.00333. The molecule has 0 amide bonds. The highest BCUT2D eigenvalue weighted by Gasteiger charge is 2.23. The van der Waals surface area contributed by atoms with Gasteiger partial charge in [0.05, 0.1) is 12.1 Å². The molecule has 1 heterocycles. The second kappa shape index (κ2) is 7.37. The highest BCUT2D eigenvalue weighted by atomic mass is 16.5. The van der Waals surface area contributed by atoms with E-state index in [-0.39, 0.29) is 12.1 Å². The molecule has 2 atom stereocenters. The monoisotopic (exact) mass is 237 g/mol. The Morgan fingerprint density at radius 2 is 2.24 bits per heavy atom. The Hall–Kier alpha value is -0.970. The molecule has 3 N–H and O–H groups in total. The average Bonchev–Trinajstić information content (AvgIpc) is 2.33. The topological polar surface area (TPSA) is 60.2 Å². The summed E-state index contributed by atoms with van der Waals surface area (Å²) in [7, 11) is 0. The lowest BCUT2D eigenvalue weighted by atomic mass is 9.97. The molecule has 0 aliphatic rings. The number of nitrogens with zero attached hydrogens (tertiary/aromatic N) is 1. The normalized spacial score (nSPS) is 14.6. The first-order valence-corrected chi connectivity index (χ1v) is 6.22. The number of hydrogen-bond donors (Lipinski definition) is 2. The van der Waals surface area contributed by atoms with E-state index >= 15 is 0 Å². The van der Waals surface area contributed by atoms with Crippen LogP contribution >= 0.6 is 0 Å². The summed E-state index contributed by atoms with van der Waals surface area (Å²) in [4.78, 5) is 4.17. The first-order valence-electron chi connectivity index (χ1n) is 6.22. The third-order valence-electron chi connectivity index (χ3n) is 2.92. The van der Waals surface area contributed by atoms with E-state index in [1.807, 2.05) is 19.2 Å². The zero-order valence-electron chi connectivity index (χ0n) is 10.9. The quantitative estimate of drug-likeness (QED) is 0.563. The molecule has 96 valence electrons. The van der Waals surface area contributed by atoms with E-state index in [0.717, 1.165) is 18.4 Å². The molecule has 4 nitrogen and oxygen atoms in total. The lowest BCUT2D eigenvalue weighted by molar-refractivity contribution is 0.0273. The minimum Gasteiger partial charge on any atom is -0.376 e. The van der Waals surface area contributed by atoms with Crippen LogP contribution in [0, 0.1) is 6.92 Å². The van der Waals surface area contributed by atoms with Crippen LogP contribution in [0.4, 0.5) is 0 Å². The Morgan fingerprint density at radius 3 is 2.76 bits per heavy atom. The third-order valence-corrected chi connectivity index (χ3v) is 2.92. The number of pyridine rings is 1. The molecular formula is C13H23N3O. The van der Waals surface area contributed by atoms with Crippen LogP contribution in [0.15, 0.2) is 18.5 Å². The second-order valence-electron chi connectivity index (χ2n) is 4.16. The summed E-state index contributed by atoms with van der Waals surface area (Å²) < 4.78 is 5.77. The molecular weight excluding hydrogens is 214 g/mol. The van der Waals surface area contributed by atoms with Gasteiger partial charge in [0.15, 0.2) is 0 Å². The highest BCUT2D eigenvalue weighted by Crippen LogP contribution is 2.24. The molecule has 0 bridgehead atoms. The molecule has 0 aliphatic heterocycles. The number of rotatable bonds is 7. The number of aromatic nitrogens is 1. The maximum absolute atomic E-state index is 5.77. The predicted molar refractivity (Wildman–Crippen MR) is 69.4 cm³/mol. The van der Waals surface area contributed by atoms with E-state index in [9.17, 15) is 0 Å². The molecule has 1 rings (SSSR count). The van der Waals surface area contributed by atoms with Crippen molar-refractivity contribution in [2.75, 3.05) is 6.61 Å². The van der Waals surface area contributed by atoms with Crippen molar-refractivity contribution in [3.8, 4) is 0 Å². The van der Waals surface area contributed by atoms with Gasteiger partial charge in [-0.25, -0.2) is 0 Å². The van der Waals surface area contributed by atoms with Gasteiger partial charge in [-0.1, -0.05) is 13.3 Å². The number of aryl methyl sites for hydroxylation is 1. The molecule has 0 radical (unpaired) electrons. The molecule has 0 spiro atoms. The molecule has 17 heavy (non-hydrogen) atoms. The molecule has 0 fully saturated rings. The van der Waals surface area contributed by atoms with Gasteiger partial charge in [-0.3, -0.25) is 16.3 Å². The summed E-state index contributed by atoms with van der Waals surface area (Å²) in [5.41, 5.74) is 5.16. The summed E-state index contributed by atoms with van der Waals surface area (Å²) in [6, 6.07) is 2.00. The van der Waals surface area contributed by atoms with Crippen molar-refractivity contribution in [2.45, 2.75) is 45.8 Å². The van der Waals surface area contributed by atoms with Gasteiger partial charge in [0.25, 0.3) is 0 Å². The van der Waals surface area contributed by atoms with E-state index in [2.05, 4.69) is 24.3 Å². The van der Waals surface area contributed by atoms with Gasteiger partial charge in [-0.2, -0.15) is 0 Å². The van der Waals surface area contributed by atoms with Gasteiger partial charge in [0, 0.05) is 19.0 Å². The summed E-state index contributed by atoms with van der Waals surface area (Å²) in [6.07, 6.45) is 5.81. The minimum atomic E-state index is 0.00333. The zero-order chi connectivity index (χ0) is 12.7. The average molecular weight is 237 g/mol. The van der Waals surface area contributed by atoms with E-state index in [0.29, 0.717) is 6.61 Å². The first kappa shape index (κ1) is 14.1. The van der Waals surface area contributed by atoms with E-state index in [1.165, 1.54) is 5.56 Å². The SMILES string of the molecule is CCCC(OCC)C(NN)c1cnccc1C. The van der Waals surface area contributed by atoms with Crippen molar-refractivity contribution in [2.24, 2.45) is 5.84 Å². The summed E-state index contributed by atoms with van der Waals surface area (Å²) >= 11 is 0. The van der Waals surface area contributed by atoms with Crippen molar-refractivity contribution < 1.29 is 4.74 Å². The summed E-state index contributed by atoms with van der Waals surface area (Å²) in [6.45, 7) is 6.92. The van der Waals surface area contributed by atoms with Gasteiger partial charge in [0.2, 0.25) is 0 Å². The van der Waals surface area contributed by atoms with Crippen molar-refractivity contribution in [1.82, 2.24) is 10.4 Å². The van der Waals surface area contributed by atoms with Crippen LogP contribution in [0.2, 0.25) is 0 Å². The second-order valence-corrected chi connectivity index (χ2v) is 4.16. The number of nitrogens with one attached hydrogen (secondary N) is 1. The molecule has 4 heteroatoms. The molecule has 0 aliphatic carbocycles. The molecule has 0 saturated heterocycles. The number of hydrogen-bond acceptors (Lipinski definition) is 4. The molecule has 1 aromatic heterocycles. The van der Waals surface area contributed by atoms with E-state index in [1.54, 1.807) is 6.20 Å². The zero-order valence-corrected chi connectivity index (χ0v) is 10.9. The Kier molecular flexibility index (Phi) is 6.11. The number of ether oxygens (including phenoxy) is 1. The van der Waals surface area contributed by atoms with Crippen LogP contribution in [0.3, 0.4) is 0 Å². The lowest BCUT2D eigenvalue weighted by Crippen LogP contribution is -2.38. The van der Waals surface area contributed by atoms with Crippen molar-refractivity contribution in [3.63, 3.8) is 0 Å². The largest absolute Gasteiger partial charge is 0.376 e. The third kappa shape index (κ3) is 3.77. The van der Waals surface area contributed by atoms with E-state index < -0.39 is 0 Å². The first-order chi connectivity index (χ1) is 8.24. The van der Waals surface area contributed by atoms with Crippen LogP contribution in [-0.4, -0.2) is 17.7 Å². The van der Waals surface area contributed by atoms with Crippen LogP contribution in [0.25, 0.3) is 0 Å². The van der Waals surface area contributed by atoms with Gasteiger partial charge in [-0.05, 0) is 37.5 Å². The van der Waals surface area contributed by atoms with Crippen molar-refractivity contribution >= 4 is 0 Å². The Labute approximate surface area is 104 Å². The lowest BCUT2D eigenvalue weighted by Gasteiger charge is -2.27. The number of hydrazine groups is 1. The van der Waals surface area contributed by atoms with E-state index in [4.69, 9.17) is 10.6 Å². The van der Waals surface area contributed by atoms with Gasteiger partial charge >= 0.3 is 0 Å². The van der Waals surface area contributed by atoms with Gasteiger partial charge in [-0.15, -0.1) is 0 Å². The van der Waals surface area contributed by atoms with Gasteiger partial charge in [0.1, 0.15) is 0 Å². The molecule has 2 unspecified atom stereocenters. The fraction of sp³-hybridized carbons (Fsp3) is 0.615. The molecule has 1 aromatic rings. The van der Waals surface area contributed by atoms with Crippen LogP contribution < -0.4 is 11.3 Å². The van der Waals surface area contributed by atoms with Crippen molar-refractivity contribution in [3.05, 3.63) is 29.6 Å². The summed E-state index contributed by atoms with van der Waals surface area (Å²) in [5.74, 6) is 5.68. The van der Waals surface area contributed by atoms with Crippen LogP contribution in [0.5, 0.6) is 0 Å². The standard InChI is InChI=1S/C13H23N3O/c1-4-6-12(17-5-2)13(16-14)11-9-15-8-7-10(11)3/h7-9,12-13,16H,4-6,14H2,1-3H3. The summed E-state index contributed by atoms with van der Waals surface area (Å²) in [5, 5.41) is 0. The highest BCUT2D eigenvalue weighted by molar-refractivity contribution is 5.25. The Bertz CT molecular complexity index is 324. The number of nitrogens with two attached hydrogens (primary N) is 1. The Balaban J connectivity index is 2.91. The predicted octanol–water partition coefficient (Wildman–Crippen LogP) is 2.10. The van der Waals surface area contributed by atoms with Crippen LogP contribution in [0.1, 0.15) is 43.9 Å². The maximum Gasteiger partial charge on any atom is 0.0783 e. The molecule has 0 saturated carbocycles. The fourth-order valence-corrected chi connectivity index (χ4v) is 2.04. The fourth-order valence-electron chi connectivity index (χ4n) is 2.04.